The van der Waals surface area contributed by atoms with Crippen LogP contribution in [-0.4, -0.2) is 65.3 Å². The standard InChI is InChI=1S/C19H29N3O3/c1-14-17(15(2)25-20-14)18(23)21-9-7-19(8-10-21)13-22(11-12-24-19)16-5-3-4-6-16/h16H,3-13H2,1-2H3. The Labute approximate surface area is 149 Å². The van der Waals surface area contributed by atoms with Gasteiger partial charge < -0.3 is 14.2 Å². The molecule has 1 aliphatic carbocycles. The Balaban J connectivity index is 1.39. The molecule has 1 aromatic heterocycles. The molecule has 3 fully saturated rings. The van der Waals surface area contributed by atoms with Crippen molar-refractivity contribution in [2.75, 3.05) is 32.8 Å². The van der Waals surface area contributed by atoms with Crippen molar-refractivity contribution in [3.8, 4) is 0 Å². The Kier molecular flexibility index (Phi) is 4.58. The van der Waals surface area contributed by atoms with Gasteiger partial charge in [0.15, 0.2) is 0 Å². The molecule has 1 amide bonds. The normalized spacial score (nSPS) is 25.0. The van der Waals surface area contributed by atoms with Crippen LogP contribution in [0.4, 0.5) is 0 Å². The molecule has 1 aromatic rings. The molecular weight excluding hydrogens is 318 g/mol. The molecule has 0 N–H and O–H groups in total. The van der Waals surface area contributed by atoms with Gasteiger partial charge in [-0.3, -0.25) is 9.69 Å². The summed E-state index contributed by atoms with van der Waals surface area (Å²) < 4.78 is 11.4. The van der Waals surface area contributed by atoms with Gasteiger partial charge in [0, 0.05) is 32.2 Å². The minimum absolute atomic E-state index is 0.0505. The summed E-state index contributed by atoms with van der Waals surface area (Å²) in [6.07, 6.45) is 7.26. The van der Waals surface area contributed by atoms with Crippen molar-refractivity contribution in [1.82, 2.24) is 15.0 Å². The van der Waals surface area contributed by atoms with Gasteiger partial charge in [-0.2, -0.15) is 0 Å². The molecule has 0 aromatic carbocycles. The largest absolute Gasteiger partial charge is 0.372 e. The Morgan fingerprint density at radius 1 is 1.16 bits per heavy atom. The lowest BCUT2D eigenvalue weighted by atomic mass is 9.88. The summed E-state index contributed by atoms with van der Waals surface area (Å²) in [5, 5.41) is 3.92. The summed E-state index contributed by atoms with van der Waals surface area (Å²) >= 11 is 0. The van der Waals surface area contributed by atoms with E-state index in [0.717, 1.165) is 51.7 Å². The molecule has 0 bridgehead atoms. The minimum Gasteiger partial charge on any atom is -0.372 e. The number of rotatable bonds is 2. The molecular formula is C19H29N3O3. The van der Waals surface area contributed by atoms with E-state index >= 15 is 0 Å². The summed E-state index contributed by atoms with van der Waals surface area (Å²) in [7, 11) is 0. The van der Waals surface area contributed by atoms with Gasteiger partial charge in [-0.1, -0.05) is 18.0 Å². The van der Waals surface area contributed by atoms with Gasteiger partial charge in [0.1, 0.15) is 11.3 Å². The minimum atomic E-state index is -0.0592. The van der Waals surface area contributed by atoms with Gasteiger partial charge in [-0.25, -0.2) is 0 Å². The predicted molar refractivity (Wildman–Crippen MR) is 93.6 cm³/mol. The van der Waals surface area contributed by atoms with E-state index in [-0.39, 0.29) is 11.5 Å². The Morgan fingerprint density at radius 2 is 1.88 bits per heavy atom. The van der Waals surface area contributed by atoms with Crippen LogP contribution in [0.3, 0.4) is 0 Å². The fraction of sp³-hybridized carbons (Fsp3) is 0.789. The highest BCUT2D eigenvalue weighted by atomic mass is 16.5. The molecule has 1 spiro atoms. The first-order valence-corrected chi connectivity index (χ1v) is 9.68. The number of piperidine rings is 1. The molecule has 0 atom stereocenters. The van der Waals surface area contributed by atoms with Crippen LogP contribution in [0.15, 0.2) is 4.52 Å². The van der Waals surface area contributed by atoms with Crippen LogP contribution in [-0.2, 0) is 4.74 Å². The van der Waals surface area contributed by atoms with E-state index < -0.39 is 0 Å². The van der Waals surface area contributed by atoms with Crippen LogP contribution >= 0.6 is 0 Å². The van der Waals surface area contributed by atoms with Crippen molar-refractivity contribution >= 4 is 5.91 Å². The average Bonchev–Trinajstić information content (AvgIpc) is 3.26. The second-order valence-electron chi connectivity index (χ2n) is 7.93. The van der Waals surface area contributed by atoms with E-state index in [4.69, 9.17) is 9.26 Å². The first-order valence-electron chi connectivity index (χ1n) is 9.68. The first-order chi connectivity index (χ1) is 12.1. The Morgan fingerprint density at radius 3 is 2.52 bits per heavy atom. The number of nitrogens with zero attached hydrogens (tertiary/aromatic N) is 3. The zero-order chi connectivity index (χ0) is 17.4. The van der Waals surface area contributed by atoms with Crippen molar-refractivity contribution in [3.05, 3.63) is 17.0 Å². The van der Waals surface area contributed by atoms with Gasteiger partial charge in [0.2, 0.25) is 0 Å². The second kappa shape index (κ2) is 6.72. The third kappa shape index (κ3) is 3.22. The van der Waals surface area contributed by atoms with Gasteiger partial charge >= 0.3 is 0 Å². The second-order valence-corrected chi connectivity index (χ2v) is 7.93. The zero-order valence-corrected chi connectivity index (χ0v) is 15.4. The highest BCUT2D eigenvalue weighted by molar-refractivity contribution is 5.96. The highest BCUT2D eigenvalue weighted by Gasteiger charge is 2.42. The monoisotopic (exact) mass is 347 g/mol. The number of ether oxygens (including phenoxy) is 1. The van der Waals surface area contributed by atoms with Gasteiger partial charge in [0.05, 0.1) is 17.9 Å². The van der Waals surface area contributed by atoms with Crippen LogP contribution in [0.2, 0.25) is 0 Å². The SMILES string of the molecule is Cc1noc(C)c1C(=O)N1CCC2(CC1)CN(C1CCCC1)CCO2. The lowest BCUT2D eigenvalue weighted by Crippen LogP contribution is -2.59. The number of aryl methyl sites for hydroxylation is 2. The zero-order valence-electron chi connectivity index (χ0n) is 15.4. The van der Waals surface area contributed by atoms with Crippen molar-refractivity contribution in [2.24, 2.45) is 0 Å². The molecule has 3 aliphatic rings. The van der Waals surface area contributed by atoms with Crippen LogP contribution in [0.5, 0.6) is 0 Å². The maximum atomic E-state index is 12.8. The van der Waals surface area contributed by atoms with Crippen LogP contribution in [0.1, 0.15) is 60.3 Å². The summed E-state index contributed by atoms with van der Waals surface area (Å²) in [5.41, 5.74) is 1.26. The Hall–Kier alpha value is -1.40. The topological polar surface area (TPSA) is 58.8 Å². The van der Waals surface area contributed by atoms with E-state index in [2.05, 4.69) is 10.1 Å². The fourth-order valence-corrected chi connectivity index (χ4v) is 4.82. The molecule has 138 valence electrons. The van der Waals surface area contributed by atoms with Gasteiger partial charge in [-0.15, -0.1) is 0 Å². The van der Waals surface area contributed by atoms with E-state index in [1.165, 1.54) is 25.7 Å². The molecule has 1 saturated carbocycles. The van der Waals surface area contributed by atoms with Crippen LogP contribution in [0.25, 0.3) is 0 Å². The molecule has 0 unspecified atom stereocenters. The summed E-state index contributed by atoms with van der Waals surface area (Å²) in [4.78, 5) is 17.4. The third-order valence-electron chi connectivity index (χ3n) is 6.33. The van der Waals surface area contributed by atoms with Crippen molar-refractivity contribution in [3.63, 3.8) is 0 Å². The summed E-state index contributed by atoms with van der Waals surface area (Å²) in [6.45, 7) is 8.07. The lowest BCUT2D eigenvalue weighted by molar-refractivity contribution is -0.140. The number of likely N-dealkylation sites (tertiary alicyclic amines) is 1. The van der Waals surface area contributed by atoms with Gasteiger partial charge in [0.25, 0.3) is 5.91 Å². The number of carbonyl (C=O) groups is 1. The van der Waals surface area contributed by atoms with E-state index in [0.29, 0.717) is 17.0 Å². The van der Waals surface area contributed by atoms with Crippen LogP contribution in [0, 0.1) is 13.8 Å². The maximum absolute atomic E-state index is 12.8. The number of hydrogen-bond donors (Lipinski definition) is 0. The van der Waals surface area contributed by atoms with E-state index in [9.17, 15) is 4.79 Å². The van der Waals surface area contributed by atoms with Crippen molar-refractivity contribution < 1.29 is 14.1 Å². The Bertz CT molecular complexity index is 608. The summed E-state index contributed by atoms with van der Waals surface area (Å²) in [5.74, 6) is 0.665. The summed E-state index contributed by atoms with van der Waals surface area (Å²) in [6, 6.07) is 0.753. The van der Waals surface area contributed by atoms with E-state index in [1.54, 1.807) is 0 Å². The quantitative estimate of drug-likeness (QED) is 0.823. The molecule has 25 heavy (non-hydrogen) atoms. The lowest BCUT2D eigenvalue weighted by Gasteiger charge is -2.48. The molecule has 0 radical (unpaired) electrons. The average molecular weight is 347 g/mol. The number of carbonyl (C=O) groups excluding carboxylic acids is 1. The predicted octanol–water partition coefficient (Wildman–Crippen LogP) is 2.54. The van der Waals surface area contributed by atoms with Crippen molar-refractivity contribution in [2.45, 2.75) is 64.0 Å². The third-order valence-corrected chi connectivity index (χ3v) is 6.33. The number of morpholine rings is 1. The van der Waals surface area contributed by atoms with E-state index in [1.807, 2.05) is 18.7 Å². The number of aromatic nitrogens is 1. The molecule has 4 rings (SSSR count). The smallest absolute Gasteiger partial charge is 0.259 e. The highest BCUT2D eigenvalue weighted by Crippen LogP contribution is 2.34. The molecule has 3 heterocycles. The number of hydrogen-bond acceptors (Lipinski definition) is 5. The first kappa shape index (κ1) is 17.0. The fourth-order valence-electron chi connectivity index (χ4n) is 4.82. The van der Waals surface area contributed by atoms with Gasteiger partial charge in [-0.05, 0) is 39.5 Å². The van der Waals surface area contributed by atoms with Crippen LogP contribution < -0.4 is 0 Å². The molecule has 2 aliphatic heterocycles. The molecule has 6 heteroatoms. The molecule has 6 nitrogen and oxygen atoms in total. The maximum Gasteiger partial charge on any atom is 0.259 e. The number of amides is 1. The molecule has 2 saturated heterocycles. The van der Waals surface area contributed by atoms with Crippen molar-refractivity contribution in [1.29, 1.82) is 0 Å².